The average Bonchev–Trinajstić information content (AvgIpc) is 2.69. The third kappa shape index (κ3) is 2.91. The van der Waals surface area contributed by atoms with Crippen LogP contribution in [0.15, 0.2) is 5.38 Å². The van der Waals surface area contributed by atoms with Gasteiger partial charge in [-0.3, -0.25) is 0 Å². The molecular formula is C13H18N4S. The molecule has 2 aromatic heterocycles. The Kier molecular flexibility index (Phi) is 4.04. The van der Waals surface area contributed by atoms with Gasteiger partial charge in [-0.1, -0.05) is 0 Å². The highest BCUT2D eigenvalue weighted by molar-refractivity contribution is 7.09. The molecule has 0 saturated carbocycles. The van der Waals surface area contributed by atoms with Crippen LogP contribution in [0.25, 0.3) is 0 Å². The molecule has 0 aliphatic carbocycles. The number of nitrogens with two attached hydrogens (primary N) is 1. The number of nitrogens with zero attached hydrogens (tertiary/aromatic N) is 3. The number of thiazole rings is 1. The first-order chi connectivity index (χ1) is 8.60. The molecule has 2 heterocycles. The summed E-state index contributed by atoms with van der Waals surface area (Å²) in [6.45, 7) is 6.69. The van der Waals surface area contributed by atoms with Gasteiger partial charge in [-0.05, 0) is 39.3 Å². The Morgan fingerprint density at radius 2 is 1.78 bits per heavy atom. The molecule has 0 fully saturated rings. The fraction of sp³-hybridized carbons (Fsp3) is 0.462. The minimum Gasteiger partial charge on any atom is -0.330 e. The first kappa shape index (κ1) is 13.1. The molecule has 5 heteroatoms. The van der Waals surface area contributed by atoms with E-state index < -0.39 is 0 Å². The molecule has 4 nitrogen and oxygen atoms in total. The molecule has 0 amide bonds. The van der Waals surface area contributed by atoms with Crippen molar-refractivity contribution in [1.82, 2.24) is 15.0 Å². The Hall–Kier alpha value is -1.33. The van der Waals surface area contributed by atoms with Crippen molar-refractivity contribution in [1.29, 1.82) is 0 Å². The lowest BCUT2D eigenvalue weighted by Gasteiger charge is -2.09. The molecule has 2 aromatic rings. The van der Waals surface area contributed by atoms with Crippen molar-refractivity contribution in [2.24, 2.45) is 5.73 Å². The van der Waals surface area contributed by atoms with Gasteiger partial charge in [0.05, 0.1) is 17.1 Å². The molecule has 0 aromatic carbocycles. The fourth-order valence-corrected chi connectivity index (χ4v) is 2.66. The maximum Gasteiger partial charge on any atom is 0.134 e. The van der Waals surface area contributed by atoms with Gasteiger partial charge in [-0.2, -0.15) is 0 Å². The van der Waals surface area contributed by atoms with Gasteiger partial charge in [0, 0.05) is 16.8 Å². The van der Waals surface area contributed by atoms with Crippen LogP contribution in [0.5, 0.6) is 0 Å². The minimum absolute atomic E-state index is 0.635. The van der Waals surface area contributed by atoms with Crippen molar-refractivity contribution in [2.75, 3.05) is 6.54 Å². The van der Waals surface area contributed by atoms with Gasteiger partial charge in [0.15, 0.2) is 0 Å². The summed E-state index contributed by atoms with van der Waals surface area (Å²) < 4.78 is 0. The molecule has 2 N–H and O–H groups in total. The largest absolute Gasteiger partial charge is 0.330 e. The van der Waals surface area contributed by atoms with E-state index in [-0.39, 0.29) is 0 Å². The van der Waals surface area contributed by atoms with Gasteiger partial charge >= 0.3 is 0 Å². The van der Waals surface area contributed by atoms with Crippen LogP contribution < -0.4 is 5.73 Å². The normalized spacial score (nSPS) is 10.9. The van der Waals surface area contributed by atoms with E-state index in [1.165, 1.54) is 5.56 Å². The third-order valence-electron chi connectivity index (χ3n) is 2.87. The van der Waals surface area contributed by atoms with Gasteiger partial charge < -0.3 is 5.73 Å². The zero-order chi connectivity index (χ0) is 13.1. The van der Waals surface area contributed by atoms with Crippen molar-refractivity contribution in [3.8, 4) is 0 Å². The van der Waals surface area contributed by atoms with Crippen LogP contribution in [0.1, 0.15) is 33.5 Å². The molecular weight excluding hydrogens is 244 g/mol. The van der Waals surface area contributed by atoms with Crippen molar-refractivity contribution in [2.45, 2.75) is 33.6 Å². The van der Waals surface area contributed by atoms with Gasteiger partial charge in [-0.15, -0.1) is 11.3 Å². The van der Waals surface area contributed by atoms with E-state index in [4.69, 9.17) is 5.73 Å². The summed E-state index contributed by atoms with van der Waals surface area (Å²) in [6.07, 6.45) is 1.54. The summed E-state index contributed by atoms with van der Waals surface area (Å²) in [5.74, 6) is 0.844. The van der Waals surface area contributed by atoms with Crippen molar-refractivity contribution < 1.29 is 0 Å². The fourth-order valence-electron chi connectivity index (χ4n) is 2.05. The van der Waals surface area contributed by atoms with E-state index in [1.54, 1.807) is 11.3 Å². The van der Waals surface area contributed by atoms with Gasteiger partial charge in [0.1, 0.15) is 5.82 Å². The van der Waals surface area contributed by atoms with Gasteiger partial charge in [0.2, 0.25) is 0 Å². The summed E-state index contributed by atoms with van der Waals surface area (Å²) in [6, 6.07) is 0. The highest BCUT2D eigenvalue weighted by Crippen LogP contribution is 2.14. The van der Waals surface area contributed by atoms with Crippen molar-refractivity contribution in [3.05, 3.63) is 38.9 Å². The molecule has 18 heavy (non-hydrogen) atoms. The van der Waals surface area contributed by atoms with Crippen LogP contribution in [-0.4, -0.2) is 21.5 Å². The average molecular weight is 262 g/mol. The highest BCUT2D eigenvalue weighted by Gasteiger charge is 2.09. The Morgan fingerprint density at radius 1 is 1.11 bits per heavy atom. The first-order valence-corrected chi connectivity index (χ1v) is 6.92. The zero-order valence-electron chi connectivity index (χ0n) is 11.0. The first-order valence-electron chi connectivity index (χ1n) is 6.04. The molecule has 0 atom stereocenters. The van der Waals surface area contributed by atoms with E-state index in [2.05, 4.69) is 20.3 Å². The predicted octanol–water partition coefficient (Wildman–Crippen LogP) is 1.95. The lowest BCUT2D eigenvalue weighted by Crippen LogP contribution is -2.10. The quantitative estimate of drug-likeness (QED) is 0.914. The van der Waals surface area contributed by atoms with Crippen molar-refractivity contribution >= 4 is 11.3 Å². The number of hydrogen-bond donors (Lipinski definition) is 1. The third-order valence-corrected chi connectivity index (χ3v) is 3.69. The van der Waals surface area contributed by atoms with Crippen LogP contribution in [0.4, 0.5) is 0 Å². The monoisotopic (exact) mass is 262 g/mol. The number of aromatic nitrogens is 3. The lowest BCUT2D eigenvalue weighted by atomic mass is 10.1. The van der Waals surface area contributed by atoms with Gasteiger partial charge in [0.25, 0.3) is 0 Å². The van der Waals surface area contributed by atoms with Crippen LogP contribution in [0.2, 0.25) is 0 Å². The standard InChI is InChI=1S/C13H18N4S/c1-8-12(4-5-14)9(2)16-13(15-8)6-11-7-18-10(3)17-11/h7H,4-6,14H2,1-3H3. The maximum atomic E-state index is 5.60. The van der Waals surface area contributed by atoms with Crippen LogP contribution in [0, 0.1) is 20.8 Å². The molecule has 0 unspecified atom stereocenters. The van der Waals surface area contributed by atoms with Gasteiger partial charge in [-0.25, -0.2) is 15.0 Å². The number of aryl methyl sites for hydroxylation is 3. The predicted molar refractivity (Wildman–Crippen MR) is 73.9 cm³/mol. The van der Waals surface area contributed by atoms with Crippen molar-refractivity contribution in [3.63, 3.8) is 0 Å². The lowest BCUT2D eigenvalue weighted by molar-refractivity contribution is 0.844. The summed E-state index contributed by atoms with van der Waals surface area (Å²) >= 11 is 1.66. The second-order valence-corrected chi connectivity index (χ2v) is 5.42. The van der Waals surface area contributed by atoms with E-state index in [0.29, 0.717) is 13.0 Å². The molecule has 0 saturated heterocycles. The maximum absolute atomic E-state index is 5.60. The SMILES string of the molecule is Cc1nc(Cc2nc(C)c(CCN)c(C)n2)cs1. The summed E-state index contributed by atoms with van der Waals surface area (Å²) in [4.78, 5) is 13.6. The summed E-state index contributed by atoms with van der Waals surface area (Å²) in [5.41, 5.74) is 9.89. The molecule has 0 radical (unpaired) electrons. The second-order valence-electron chi connectivity index (χ2n) is 4.36. The highest BCUT2D eigenvalue weighted by atomic mass is 32.1. The van der Waals surface area contributed by atoms with Crippen LogP contribution in [-0.2, 0) is 12.8 Å². The van der Waals surface area contributed by atoms with E-state index in [0.717, 1.165) is 34.3 Å². The Morgan fingerprint density at radius 3 is 2.28 bits per heavy atom. The molecule has 0 aliphatic rings. The topological polar surface area (TPSA) is 64.7 Å². The molecule has 0 aliphatic heterocycles. The number of hydrogen-bond acceptors (Lipinski definition) is 5. The molecule has 0 spiro atoms. The Labute approximate surface area is 111 Å². The van der Waals surface area contributed by atoms with E-state index >= 15 is 0 Å². The summed E-state index contributed by atoms with van der Waals surface area (Å²) in [7, 11) is 0. The molecule has 2 rings (SSSR count). The minimum atomic E-state index is 0.635. The summed E-state index contributed by atoms with van der Waals surface area (Å²) in [5, 5.41) is 3.15. The smallest absolute Gasteiger partial charge is 0.134 e. The number of rotatable bonds is 4. The second kappa shape index (κ2) is 5.54. The molecule has 0 bridgehead atoms. The molecule has 96 valence electrons. The zero-order valence-corrected chi connectivity index (χ0v) is 11.8. The van der Waals surface area contributed by atoms with Crippen LogP contribution >= 0.6 is 11.3 Å². The Bertz CT molecular complexity index is 525. The Balaban J connectivity index is 2.25. The van der Waals surface area contributed by atoms with E-state index in [1.807, 2.05) is 20.8 Å². The van der Waals surface area contributed by atoms with E-state index in [9.17, 15) is 0 Å². The van der Waals surface area contributed by atoms with Crippen LogP contribution in [0.3, 0.4) is 0 Å².